The molecule has 0 aliphatic carbocycles. The lowest BCUT2D eigenvalue weighted by molar-refractivity contribution is 0.442. The first-order valence-corrected chi connectivity index (χ1v) is 5.92. The number of pyridine rings is 1. The Hall–Kier alpha value is -2.45. The summed E-state index contributed by atoms with van der Waals surface area (Å²) in [7, 11) is 0. The average molecular weight is 273 g/mol. The zero-order chi connectivity index (χ0) is 13.6. The van der Waals surface area contributed by atoms with E-state index < -0.39 is 0 Å². The van der Waals surface area contributed by atoms with Crippen LogP contribution in [0.1, 0.15) is 16.7 Å². The molecule has 2 aromatic rings. The molecule has 1 aliphatic heterocycles. The normalized spacial score (nSPS) is 12.0. The second-order valence-corrected chi connectivity index (χ2v) is 4.65. The molecule has 94 valence electrons. The van der Waals surface area contributed by atoms with Gasteiger partial charge in [-0.05, 0) is 17.7 Å². The molecule has 0 unspecified atom stereocenters. The fourth-order valence-electron chi connectivity index (χ4n) is 2.07. The molecule has 1 aromatic heterocycles. The number of nitriles is 1. The van der Waals surface area contributed by atoms with Crippen molar-refractivity contribution in [1.82, 2.24) is 4.98 Å². The molecule has 1 aliphatic rings. The first kappa shape index (κ1) is 11.6. The van der Waals surface area contributed by atoms with Gasteiger partial charge in [-0.1, -0.05) is 17.7 Å². The van der Waals surface area contributed by atoms with Gasteiger partial charge in [0.25, 0.3) is 0 Å². The highest BCUT2D eigenvalue weighted by atomic mass is 35.5. The second kappa shape index (κ2) is 4.04. The highest BCUT2D eigenvalue weighted by molar-refractivity contribution is 6.30. The zero-order valence-corrected chi connectivity index (χ0v) is 10.5. The summed E-state index contributed by atoms with van der Waals surface area (Å²) >= 11 is 5.92. The zero-order valence-electron chi connectivity index (χ0n) is 9.77. The van der Waals surface area contributed by atoms with E-state index >= 15 is 0 Å². The summed E-state index contributed by atoms with van der Waals surface area (Å²) in [6.45, 7) is 0. The molecule has 3 rings (SSSR count). The number of nitrogens with zero attached hydrogens (tertiary/aromatic N) is 2. The topological polar surface area (TPSA) is 98.0 Å². The van der Waals surface area contributed by atoms with Crippen LogP contribution < -0.4 is 16.2 Å². The lowest BCUT2D eigenvalue weighted by Crippen LogP contribution is -2.11. The summed E-state index contributed by atoms with van der Waals surface area (Å²) in [6, 6.07) is 7.31. The Kier molecular flexibility index (Phi) is 2.47. The number of benzene rings is 1. The Bertz CT molecular complexity index is 736. The van der Waals surface area contributed by atoms with Gasteiger partial charge in [-0.2, -0.15) is 10.2 Å². The van der Waals surface area contributed by atoms with Crippen LogP contribution in [0.15, 0.2) is 18.2 Å². The van der Waals surface area contributed by atoms with Crippen molar-refractivity contribution in [3.05, 3.63) is 39.9 Å². The molecule has 5 nitrogen and oxygen atoms in total. The molecule has 0 radical (unpaired) electrons. The third-order valence-corrected chi connectivity index (χ3v) is 3.28. The van der Waals surface area contributed by atoms with Crippen LogP contribution in [0.4, 0.5) is 11.5 Å². The Morgan fingerprint density at radius 1 is 1.37 bits per heavy atom. The lowest BCUT2D eigenvalue weighted by Gasteiger charge is -2.21. The summed E-state index contributed by atoms with van der Waals surface area (Å²) in [6.07, 6.45) is 0.537. The van der Waals surface area contributed by atoms with E-state index in [9.17, 15) is 0 Å². The average Bonchev–Trinajstić information content (AvgIpc) is 2.37. The minimum Gasteiger partial charge on any atom is -0.438 e. The van der Waals surface area contributed by atoms with Gasteiger partial charge < -0.3 is 16.2 Å². The van der Waals surface area contributed by atoms with E-state index in [1.165, 1.54) is 0 Å². The van der Waals surface area contributed by atoms with Gasteiger partial charge in [0.2, 0.25) is 5.88 Å². The molecule has 19 heavy (non-hydrogen) atoms. The van der Waals surface area contributed by atoms with E-state index in [0.29, 0.717) is 34.3 Å². The molecule has 0 saturated carbocycles. The lowest BCUT2D eigenvalue weighted by atomic mass is 9.99. The van der Waals surface area contributed by atoms with Crippen molar-refractivity contribution in [3.63, 3.8) is 0 Å². The maximum atomic E-state index is 9.02. The van der Waals surface area contributed by atoms with Crippen molar-refractivity contribution in [2.24, 2.45) is 0 Å². The third-order valence-electron chi connectivity index (χ3n) is 3.05. The summed E-state index contributed by atoms with van der Waals surface area (Å²) in [5, 5.41) is 9.60. The van der Waals surface area contributed by atoms with Crippen LogP contribution in [0.3, 0.4) is 0 Å². The van der Waals surface area contributed by atoms with Crippen LogP contribution in [0.25, 0.3) is 0 Å². The Morgan fingerprint density at radius 3 is 2.89 bits per heavy atom. The fourth-order valence-corrected chi connectivity index (χ4v) is 2.24. The number of nitrogens with two attached hydrogens (primary N) is 2. The molecule has 6 heteroatoms. The summed E-state index contributed by atoms with van der Waals surface area (Å²) in [4.78, 5) is 4.08. The van der Waals surface area contributed by atoms with Crippen molar-refractivity contribution in [2.45, 2.75) is 6.42 Å². The van der Waals surface area contributed by atoms with Crippen molar-refractivity contribution in [2.75, 3.05) is 11.5 Å². The quantitative estimate of drug-likeness (QED) is 0.655. The highest BCUT2D eigenvalue weighted by Gasteiger charge is 2.24. The molecule has 2 heterocycles. The molecule has 1 aromatic carbocycles. The van der Waals surface area contributed by atoms with E-state index in [0.717, 1.165) is 5.56 Å². The van der Waals surface area contributed by atoms with Gasteiger partial charge in [-0.3, -0.25) is 0 Å². The Balaban J connectivity index is 2.18. The van der Waals surface area contributed by atoms with Crippen molar-refractivity contribution < 1.29 is 4.74 Å². The fraction of sp³-hybridized carbons (Fsp3) is 0.0769. The number of hydrogen-bond donors (Lipinski definition) is 2. The van der Waals surface area contributed by atoms with Crippen molar-refractivity contribution in [1.29, 1.82) is 5.26 Å². The molecule has 0 saturated heterocycles. The van der Waals surface area contributed by atoms with E-state index in [1.54, 1.807) is 12.1 Å². The number of anilines is 2. The van der Waals surface area contributed by atoms with Crippen LogP contribution in [0.2, 0.25) is 5.02 Å². The standard InChI is InChI=1S/C13H9ClN4O/c14-7-2-1-6-3-8-11(16)9(5-15)12(17)18-13(8)19-10(6)4-7/h1-2,4H,3H2,(H4,16,17,18). The predicted molar refractivity (Wildman–Crippen MR) is 72.1 cm³/mol. The van der Waals surface area contributed by atoms with Crippen LogP contribution >= 0.6 is 11.6 Å². The molecular formula is C13H9ClN4O. The summed E-state index contributed by atoms with van der Waals surface area (Å²) in [5.41, 5.74) is 13.8. The van der Waals surface area contributed by atoms with Gasteiger partial charge in [0.1, 0.15) is 23.2 Å². The Labute approximate surface area is 114 Å². The highest BCUT2D eigenvalue weighted by Crippen LogP contribution is 2.41. The number of nitrogen functional groups attached to an aromatic ring is 2. The van der Waals surface area contributed by atoms with Crippen molar-refractivity contribution in [3.8, 4) is 17.7 Å². The van der Waals surface area contributed by atoms with E-state index in [4.69, 9.17) is 33.1 Å². The maximum absolute atomic E-state index is 9.02. The number of aromatic nitrogens is 1. The monoisotopic (exact) mass is 272 g/mol. The van der Waals surface area contributed by atoms with Gasteiger partial charge in [-0.15, -0.1) is 0 Å². The molecular weight excluding hydrogens is 264 g/mol. The molecule has 0 fully saturated rings. The predicted octanol–water partition coefficient (Wildman–Crippen LogP) is 2.47. The summed E-state index contributed by atoms with van der Waals surface area (Å²) in [5.74, 6) is 1.05. The van der Waals surface area contributed by atoms with Crippen LogP contribution in [-0.4, -0.2) is 4.98 Å². The van der Waals surface area contributed by atoms with Gasteiger partial charge in [0, 0.05) is 17.0 Å². The molecule has 0 atom stereocenters. The van der Waals surface area contributed by atoms with E-state index in [-0.39, 0.29) is 11.4 Å². The third kappa shape index (κ3) is 1.74. The van der Waals surface area contributed by atoms with Crippen LogP contribution in [-0.2, 0) is 6.42 Å². The number of hydrogen-bond acceptors (Lipinski definition) is 5. The largest absolute Gasteiger partial charge is 0.438 e. The molecule has 0 bridgehead atoms. The van der Waals surface area contributed by atoms with Gasteiger partial charge in [0.05, 0.1) is 5.69 Å². The van der Waals surface area contributed by atoms with Crippen molar-refractivity contribution >= 4 is 23.1 Å². The number of fused-ring (bicyclic) bond motifs is 2. The van der Waals surface area contributed by atoms with Crippen LogP contribution in [0.5, 0.6) is 11.6 Å². The van der Waals surface area contributed by atoms with E-state index in [2.05, 4.69) is 4.98 Å². The SMILES string of the molecule is N#Cc1c(N)nc2c(c1N)Cc1ccc(Cl)cc1O2. The summed E-state index contributed by atoms with van der Waals surface area (Å²) < 4.78 is 5.65. The molecule has 0 spiro atoms. The van der Waals surface area contributed by atoms with Gasteiger partial charge >= 0.3 is 0 Å². The van der Waals surface area contributed by atoms with Crippen LogP contribution in [0, 0.1) is 11.3 Å². The Morgan fingerprint density at radius 2 is 2.16 bits per heavy atom. The first-order chi connectivity index (χ1) is 9.10. The minimum absolute atomic E-state index is 0.0734. The minimum atomic E-state index is 0.0734. The molecule has 0 amide bonds. The number of ether oxygens (including phenoxy) is 1. The smallest absolute Gasteiger partial charge is 0.226 e. The van der Waals surface area contributed by atoms with Gasteiger partial charge in [0.15, 0.2) is 0 Å². The first-order valence-electron chi connectivity index (χ1n) is 5.54. The molecule has 4 N–H and O–H groups in total. The maximum Gasteiger partial charge on any atom is 0.226 e. The van der Waals surface area contributed by atoms with Gasteiger partial charge in [-0.25, -0.2) is 0 Å². The number of halogens is 1. The second-order valence-electron chi connectivity index (χ2n) is 4.21. The van der Waals surface area contributed by atoms with E-state index in [1.807, 2.05) is 12.1 Å². The number of rotatable bonds is 0.